The summed E-state index contributed by atoms with van der Waals surface area (Å²) in [4.78, 5) is 0. The van der Waals surface area contributed by atoms with Crippen LogP contribution in [0.5, 0.6) is 0 Å². The molecular weight excluding hydrogens is 457 g/mol. The Labute approximate surface area is 217 Å². The Kier molecular flexibility index (Phi) is 5.42. The summed E-state index contributed by atoms with van der Waals surface area (Å²) < 4.78 is 24.6. The predicted octanol–water partition coefficient (Wildman–Crippen LogP) is 8.73. The molecule has 0 radical (unpaired) electrons. The smallest absolute Gasteiger partial charge is 0.216 e. The summed E-state index contributed by atoms with van der Waals surface area (Å²) in [6.07, 6.45) is 12.0. The molecule has 2 aliphatic rings. The maximum Gasteiger partial charge on any atom is 0.216 e. The predicted molar refractivity (Wildman–Crippen MR) is 148 cm³/mol. The van der Waals surface area contributed by atoms with Crippen LogP contribution in [0.1, 0.15) is 66.7 Å². The first kappa shape index (κ1) is 22.7. The van der Waals surface area contributed by atoms with Gasteiger partial charge in [0.25, 0.3) is 0 Å². The second-order valence-electron chi connectivity index (χ2n) is 11.1. The summed E-state index contributed by atoms with van der Waals surface area (Å²) >= 11 is 0. The Hall–Kier alpha value is -3.46. The van der Waals surface area contributed by atoms with Gasteiger partial charge < -0.3 is 4.42 Å². The molecule has 0 atom stereocenters. The van der Waals surface area contributed by atoms with Gasteiger partial charge >= 0.3 is 0 Å². The van der Waals surface area contributed by atoms with E-state index in [-0.39, 0.29) is 5.82 Å². The van der Waals surface area contributed by atoms with Gasteiger partial charge in [-0.3, -0.25) is 0 Å². The lowest BCUT2D eigenvalue weighted by atomic mass is 9.80. The summed E-state index contributed by atoms with van der Waals surface area (Å²) in [6.45, 7) is 2.12. The first-order valence-corrected chi connectivity index (χ1v) is 13.9. The van der Waals surface area contributed by atoms with Crippen LogP contribution in [0.2, 0.25) is 0 Å². The van der Waals surface area contributed by atoms with E-state index in [4.69, 9.17) is 4.42 Å². The second-order valence-corrected chi connectivity index (χ2v) is 11.1. The van der Waals surface area contributed by atoms with E-state index < -0.39 is 0 Å². The topological polar surface area (TPSA) is 17.0 Å². The third-order valence-corrected chi connectivity index (χ3v) is 8.86. The van der Waals surface area contributed by atoms with Gasteiger partial charge in [0.1, 0.15) is 24.0 Å². The summed E-state index contributed by atoms with van der Waals surface area (Å²) in [5.41, 5.74) is 10.8. The lowest BCUT2D eigenvalue weighted by Crippen LogP contribution is -2.30. The van der Waals surface area contributed by atoms with E-state index in [1.54, 1.807) is 11.6 Å². The van der Waals surface area contributed by atoms with E-state index in [0.717, 1.165) is 51.6 Å². The van der Waals surface area contributed by atoms with Gasteiger partial charge in [-0.25, -0.2) is 8.96 Å². The monoisotopic (exact) mass is 490 g/mol. The number of halogens is 1. The number of pyridine rings is 1. The number of rotatable bonds is 3. The maximum absolute atomic E-state index is 15.8. The third kappa shape index (κ3) is 3.62. The van der Waals surface area contributed by atoms with Crippen LogP contribution in [0.4, 0.5) is 4.39 Å². The fourth-order valence-electron chi connectivity index (χ4n) is 7.01. The molecular formula is C34H33FNO+. The summed E-state index contributed by atoms with van der Waals surface area (Å²) in [6, 6.07) is 18.6. The zero-order valence-corrected chi connectivity index (χ0v) is 21.7. The number of nitrogens with zero attached hydrogens (tertiary/aromatic N) is 1. The van der Waals surface area contributed by atoms with Gasteiger partial charge in [0, 0.05) is 22.9 Å². The van der Waals surface area contributed by atoms with E-state index >= 15 is 4.39 Å². The fourth-order valence-corrected chi connectivity index (χ4v) is 7.01. The van der Waals surface area contributed by atoms with Crippen molar-refractivity contribution in [1.29, 1.82) is 0 Å². The van der Waals surface area contributed by atoms with Gasteiger partial charge in [-0.2, -0.15) is 0 Å². The number of hydrogen-bond acceptors (Lipinski definition) is 1. The third-order valence-electron chi connectivity index (χ3n) is 8.86. The Bertz CT molecular complexity index is 1670. The minimum absolute atomic E-state index is 0.206. The molecule has 0 saturated heterocycles. The lowest BCUT2D eigenvalue weighted by Gasteiger charge is -2.25. The van der Waals surface area contributed by atoms with Crippen molar-refractivity contribution < 1.29 is 13.4 Å². The molecule has 0 aliphatic heterocycles. The molecule has 0 amide bonds. The number of fused-ring (bicyclic) bond motifs is 4. The number of furan rings is 1. The van der Waals surface area contributed by atoms with E-state index in [1.807, 2.05) is 12.1 Å². The fraction of sp³-hybridized carbons (Fsp3) is 0.324. The van der Waals surface area contributed by atoms with Gasteiger partial charge in [0.15, 0.2) is 6.20 Å². The maximum atomic E-state index is 15.8. The minimum atomic E-state index is -0.206. The molecule has 1 fully saturated rings. The molecule has 186 valence electrons. The Balaban J connectivity index is 1.49. The highest BCUT2D eigenvalue weighted by atomic mass is 19.1. The van der Waals surface area contributed by atoms with Gasteiger partial charge in [0.05, 0.1) is 11.1 Å². The van der Waals surface area contributed by atoms with Crippen LogP contribution in [0, 0.1) is 12.7 Å². The molecule has 2 heterocycles. The van der Waals surface area contributed by atoms with Gasteiger partial charge in [-0.1, -0.05) is 43.5 Å². The molecule has 0 unspecified atom stereocenters. The Morgan fingerprint density at radius 3 is 2.43 bits per heavy atom. The van der Waals surface area contributed by atoms with Crippen molar-refractivity contribution in [3.05, 3.63) is 88.9 Å². The Morgan fingerprint density at radius 1 is 0.838 bits per heavy atom. The highest BCUT2D eigenvalue weighted by Gasteiger charge is 2.27. The molecule has 1 saturated carbocycles. The zero-order valence-electron chi connectivity index (χ0n) is 21.7. The Morgan fingerprint density at radius 2 is 1.62 bits per heavy atom. The largest absolute Gasteiger partial charge is 0.454 e. The number of aryl methyl sites for hydroxylation is 3. The molecule has 0 spiro atoms. The normalized spacial score (nSPS) is 16.1. The second kappa shape index (κ2) is 8.83. The van der Waals surface area contributed by atoms with Crippen molar-refractivity contribution in [2.45, 2.75) is 64.2 Å². The first-order valence-electron chi connectivity index (χ1n) is 13.9. The molecule has 0 bridgehead atoms. The van der Waals surface area contributed by atoms with Crippen molar-refractivity contribution in [3.8, 4) is 22.4 Å². The molecule has 7 rings (SSSR count). The van der Waals surface area contributed by atoms with Gasteiger partial charge in [0.2, 0.25) is 5.69 Å². The van der Waals surface area contributed by atoms with Crippen LogP contribution >= 0.6 is 0 Å². The zero-order chi connectivity index (χ0) is 25.1. The first-order chi connectivity index (χ1) is 18.1. The van der Waals surface area contributed by atoms with Crippen LogP contribution in [0.15, 0.2) is 65.2 Å². The quantitative estimate of drug-likeness (QED) is 0.231. The van der Waals surface area contributed by atoms with Crippen molar-refractivity contribution in [2.75, 3.05) is 0 Å². The van der Waals surface area contributed by atoms with E-state index in [2.05, 4.69) is 61.1 Å². The van der Waals surface area contributed by atoms with E-state index in [9.17, 15) is 0 Å². The van der Waals surface area contributed by atoms with Crippen LogP contribution in [-0.4, -0.2) is 0 Å². The highest BCUT2D eigenvalue weighted by Crippen LogP contribution is 2.45. The number of aromatic nitrogens is 1. The minimum Gasteiger partial charge on any atom is -0.454 e. The molecule has 2 nitrogen and oxygen atoms in total. The lowest BCUT2D eigenvalue weighted by molar-refractivity contribution is -0.660. The molecule has 3 heteroatoms. The summed E-state index contributed by atoms with van der Waals surface area (Å²) in [5, 5.41) is 2.01. The van der Waals surface area contributed by atoms with Crippen LogP contribution in [-0.2, 0) is 19.9 Å². The average Bonchev–Trinajstić information content (AvgIpc) is 3.54. The SMILES string of the molecule is Cc1ccc2c(oc3c(-c4cc5c(c(C6CCCCC6)c4)CCC5)c(F)ccc32)c1-c1cccc[n+]1C. The van der Waals surface area contributed by atoms with Crippen LogP contribution in [0.25, 0.3) is 44.3 Å². The molecule has 37 heavy (non-hydrogen) atoms. The van der Waals surface area contributed by atoms with Crippen LogP contribution in [0.3, 0.4) is 0 Å². The number of benzene rings is 3. The summed E-state index contributed by atoms with van der Waals surface area (Å²) in [7, 11) is 2.05. The molecule has 2 aliphatic carbocycles. The van der Waals surface area contributed by atoms with Gasteiger partial charge in [-0.15, -0.1) is 0 Å². The number of hydrogen-bond donors (Lipinski definition) is 0. The van der Waals surface area contributed by atoms with Crippen molar-refractivity contribution in [1.82, 2.24) is 0 Å². The summed E-state index contributed by atoms with van der Waals surface area (Å²) in [5.74, 6) is 0.397. The van der Waals surface area contributed by atoms with E-state index in [0.29, 0.717) is 17.1 Å². The van der Waals surface area contributed by atoms with Crippen LogP contribution < -0.4 is 4.57 Å². The molecule has 2 aromatic heterocycles. The molecule has 3 aromatic carbocycles. The average molecular weight is 491 g/mol. The highest BCUT2D eigenvalue weighted by molar-refractivity contribution is 6.13. The van der Waals surface area contributed by atoms with Crippen molar-refractivity contribution >= 4 is 21.9 Å². The molecule has 5 aromatic rings. The van der Waals surface area contributed by atoms with Gasteiger partial charge in [-0.05, 0) is 91.0 Å². The van der Waals surface area contributed by atoms with Crippen molar-refractivity contribution in [3.63, 3.8) is 0 Å². The standard InChI is InChI=1S/C34H33FNO/c1-21-14-15-26-27-16-17-29(35)32(34(27)37-33(26)31(21)30-13-6-7-18-36(30)2)24-19-23-11-8-12-25(23)28(20-24)22-9-4-3-5-10-22/h6-7,13-20,22H,3-5,8-12H2,1-2H3/q+1. The van der Waals surface area contributed by atoms with Crippen molar-refractivity contribution in [2.24, 2.45) is 7.05 Å². The van der Waals surface area contributed by atoms with E-state index in [1.165, 1.54) is 49.7 Å². The molecule has 0 N–H and O–H groups in total.